The second-order valence-electron chi connectivity index (χ2n) is 15.3. The van der Waals surface area contributed by atoms with Crippen LogP contribution in [0.5, 0.6) is 0 Å². The van der Waals surface area contributed by atoms with Crippen molar-refractivity contribution in [2.24, 2.45) is 0 Å². The van der Waals surface area contributed by atoms with Crippen molar-refractivity contribution in [3.63, 3.8) is 0 Å². The summed E-state index contributed by atoms with van der Waals surface area (Å²) in [4.78, 5) is 63.1. The van der Waals surface area contributed by atoms with Gasteiger partial charge in [-0.15, -0.1) is 0 Å². The van der Waals surface area contributed by atoms with Crippen LogP contribution in [0.4, 0.5) is 4.79 Å². The van der Waals surface area contributed by atoms with Crippen LogP contribution in [-0.2, 0) is 9.59 Å². The van der Waals surface area contributed by atoms with Gasteiger partial charge in [0, 0.05) is 20.1 Å². The van der Waals surface area contributed by atoms with E-state index in [0.717, 1.165) is 89.6 Å². The number of hydrogen-bond acceptors (Lipinski definition) is 6. The molecule has 3 amide bonds. The average Bonchev–Trinajstić information content (AvgIpc) is 3.77. The molecule has 3 N–H and O–H groups in total. The monoisotopic (exact) mass is 754 g/mol. The molecule has 0 radical (unpaired) electrons. The van der Waals surface area contributed by atoms with Crippen molar-refractivity contribution in [1.82, 2.24) is 39.5 Å². The number of likely N-dealkylation sites (N-methyl/N-ethyl adjacent to an activating group) is 2. The first-order valence-electron chi connectivity index (χ1n) is 19.9. The van der Waals surface area contributed by atoms with Crippen LogP contribution in [0.15, 0.2) is 91.3 Å². The number of amides is 3. The van der Waals surface area contributed by atoms with Crippen molar-refractivity contribution in [2.75, 3.05) is 33.2 Å². The largest absolute Gasteiger partial charge is 0.465 e. The molecule has 0 spiro atoms. The van der Waals surface area contributed by atoms with Crippen LogP contribution in [0.3, 0.4) is 0 Å². The van der Waals surface area contributed by atoms with Crippen molar-refractivity contribution >= 4 is 17.9 Å². The van der Waals surface area contributed by atoms with Crippen LogP contribution in [0.1, 0.15) is 87.7 Å². The van der Waals surface area contributed by atoms with Crippen LogP contribution in [0, 0.1) is 0 Å². The fourth-order valence-electron chi connectivity index (χ4n) is 8.75. The van der Waals surface area contributed by atoms with Crippen LogP contribution in [-0.4, -0.2) is 101 Å². The number of rotatable bonds is 12. The first-order valence-corrected chi connectivity index (χ1v) is 19.9. The van der Waals surface area contributed by atoms with Gasteiger partial charge in [0.15, 0.2) is 0 Å². The molecule has 1 saturated carbocycles. The topological polar surface area (TPSA) is 142 Å². The van der Waals surface area contributed by atoms with Gasteiger partial charge in [-0.05, 0) is 79.4 Å². The van der Waals surface area contributed by atoms with E-state index in [1.807, 2.05) is 40.4 Å². The first-order chi connectivity index (χ1) is 27.2. The van der Waals surface area contributed by atoms with Gasteiger partial charge in [-0.25, -0.2) is 14.8 Å². The molecule has 0 unspecified atom stereocenters. The summed E-state index contributed by atoms with van der Waals surface area (Å²) in [5.74, 6) is 1.56. The van der Waals surface area contributed by atoms with E-state index in [0.29, 0.717) is 25.9 Å². The fraction of sp³-hybridized carbons (Fsp3) is 0.386. The molecule has 2 aromatic heterocycles. The number of aromatic nitrogens is 4. The number of aromatic amines is 2. The minimum Gasteiger partial charge on any atom is -0.465 e. The van der Waals surface area contributed by atoms with Gasteiger partial charge in [-0.2, -0.15) is 0 Å². The van der Waals surface area contributed by atoms with E-state index in [1.54, 1.807) is 0 Å². The maximum absolute atomic E-state index is 14.2. The molecule has 3 aliphatic rings. The predicted molar refractivity (Wildman–Crippen MR) is 214 cm³/mol. The van der Waals surface area contributed by atoms with Crippen molar-refractivity contribution in [3.05, 3.63) is 108 Å². The molecule has 2 aliphatic heterocycles. The number of carboxylic acid groups (broad SMARTS) is 1. The van der Waals surface area contributed by atoms with Crippen LogP contribution >= 0.6 is 0 Å². The number of H-pyrrole nitrogens is 2. The normalized spacial score (nSPS) is 19.4. The lowest BCUT2D eigenvalue weighted by atomic mass is 10.0. The van der Waals surface area contributed by atoms with E-state index in [2.05, 4.69) is 94.4 Å². The predicted octanol–water partition coefficient (Wildman–Crippen LogP) is 7.69. The highest BCUT2D eigenvalue weighted by Crippen LogP contribution is 2.46. The first kappa shape index (κ1) is 37.2. The molecular formula is C44H50N8O4. The molecule has 1 aliphatic carbocycles. The van der Waals surface area contributed by atoms with Crippen molar-refractivity contribution in [3.8, 4) is 33.6 Å². The SMILES string of the molecule is CCN(CC)[C@@H](C(=O)N1CCC[C@H]1c1ncc(-c2ccc(-c3ccc(-c4cnc([C@@H]5CCCN5C(=O)C5(N(C)C(=O)O)CC5)[nH]4)cc3)cc2)[nH]1)c1ccccc1. The van der Waals surface area contributed by atoms with Gasteiger partial charge in [0.25, 0.3) is 0 Å². The average molecular weight is 755 g/mol. The summed E-state index contributed by atoms with van der Waals surface area (Å²) in [5.41, 5.74) is 6.04. The second kappa shape index (κ2) is 15.4. The summed E-state index contributed by atoms with van der Waals surface area (Å²) in [6, 6.07) is 26.2. The molecule has 290 valence electrons. The third kappa shape index (κ3) is 6.87. The standard InChI is InChI=1S/C44H50N8O4/c1-4-50(5-2)38(33-11-7-6-8-12-33)41(53)51-25-9-13-36(51)39-45-27-34(47-39)31-19-15-29(16-20-31)30-17-21-32(22-18-30)35-28-46-40(48-35)37-14-10-26-52(37)42(54)44(23-24-44)49(3)43(55)56/h6-8,11-12,15-22,27-28,36-38H,4-5,9-10,13-14,23-26H2,1-3H3,(H,45,47)(H,46,48)(H,55,56)/t36-,37-,38+/m0/s1. The van der Waals surface area contributed by atoms with E-state index < -0.39 is 11.6 Å². The third-order valence-corrected chi connectivity index (χ3v) is 12.2. The maximum atomic E-state index is 14.2. The number of carbonyl (C=O) groups is 3. The molecule has 5 aromatic rings. The number of likely N-dealkylation sites (tertiary alicyclic amines) is 2. The van der Waals surface area contributed by atoms with Crippen LogP contribution < -0.4 is 0 Å². The Balaban J connectivity index is 0.932. The minimum atomic E-state index is -1.08. The Kier molecular flexibility index (Phi) is 10.2. The second-order valence-corrected chi connectivity index (χ2v) is 15.3. The van der Waals surface area contributed by atoms with Crippen molar-refractivity contribution in [1.29, 1.82) is 0 Å². The molecule has 12 heteroatoms. The van der Waals surface area contributed by atoms with Gasteiger partial charge < -0.3 is 24.9 Å². The van der Waals surface area contributed by atoms with Gasteiger partial charge in [-0.3, -0.25) is 19.4 Å². The zero-order chi connectivity index (χ0) is 39.0. The van der Waals surface area contributed by atoms with Crippen LogP contribution in [0.2, 0.25) is 0 Å². The number of imidazole rings is 2. The Bertz CT molecular complexity index is 2170. The molecule has 12 nitrogen and oxygen atoms in total. The highest BCUT2D eigenvalue weighted by Gasteiger charge is 2.58. The lowest BCUT2D eigenvalue weighted by molar-refractivity contribution is -0.139. The summed E-state index contributed by atoms with van der Waals surface area (Å²) >= 11 is 0. The quantitative estimate of drug-likeness (QED) is 0.119. The molecule has 8 rings (SSSR count). The zero-order valence-electron chi connectivity index (χ0n) is 32.3. The maximum Gasteiger partial charge on any atom is 0.407 e. The lowest BCUT2D eigenvalue weighted by Gasteiger charge is -2.34. The molecule has 3 atom stereocenters. The van der Waals surface area contributed by atoms with E-state index in [-0.39, 0.29) is 29.9 Å². The molecule has 2 saturated heterocycles. The van der Waals surface area contributed by atoms with E-state index in [9.17, 15) is 19.5 Å². The van der Waals surface area contributed by atoms with Gasteiger partial charge in [0.2, 0.25) is 11.8 Å². The Labute approximate surface area is 327 Å². The number of benzene rings is 3. The number of nitrogens with one attached hydrogen (secondary N) is 2. The highest BCUT2D eigenvalue weighted by atomic mass is 16.4. The summed E-state index contributed by atoms with van der Waals surface area (Å²) < 4.78 is 0. The van der Waals surface area contributed by atoms with Crippen LogP contribution in [0.25, 0.3) is 33.6 Å². The third-order valence-electron chi connectivity index (χ3n) is 12.2. The molecule has 4 heterocycles. The van der Waals surface area contributed by atoms with Crippen molar-refractivity contribution < 1.29 is 19.5 Å². The van der Waals surface area contributed by atoms with Gasteiger partial charge >= 0.3 is 6.09 Å². The summed E-state index contributed by atoms with van der Waals surface area (Å²) in [6.07, 6.45) is 7.15. The molecule has 56 heavy (non-hydrogen) atoms. The summed E-state index contributed by atoms with van der Waals surface area (Å²) in [5, 5.41) is 9.55. The number of nitrogens with zero attached hydrogens (tertiary/aromatic N) is 6. The number of carbonyl (C=O) groups excluding carboxylic acids is 2. The highest BCUT2D eigenvalue weighted by molar-refractivity contribution is 5.93. The summed E-state index contributed by atoms with van der Waals surface area (Å²) in [6.45, 7) is 7.11. The smallest absolute Gasteiger partial charge is 0.407 e. The number of hydrogen-bond donors (Lipinski definition) is 3. The Morgan fingerprint density at radius 3 is 1.71 bits per heavy atom. The van der Waals surface area contributed by atoms with E-state index in [1.165, 1.54) is 11.9 Å². The molecule has 0 bridgehead atoms. The summed E-state index contributed by atoms with van der Waals surface area (Å²) in [7, 11) is 1.49. The Hall–Kier alpha value is -5.75. The minimum absolute atomic E-state index is 0.0953. The molecule has 3 aromatic carbocycles. The van der Waals surface area contributed by atoms with Gasteiger partial charge in [0.05, 0.1) is 35.9 Å². The Morgan fingerprint density at radius 1 is 0.750 bits per heavy atom. The van der Waals surface area contributed by atoms with Crippen molar-refractivity contribution in [2.45, 2.75) is 76.0 Å². The lowest BCUT2D eigenvalue weighted by Crippen LogP contribution is -2.51. The van der Waals surface area contributed by atoms with E-state index >= 15 is 0 Å². The molecular weight excluding hydrogens is 705 g/mol. The van der Waals surface area contributed by atoms with E-state index in [4.69, 9.17) is 4.98 Å². The Morgan fingerprint density at radius 2 is 1.23 bits per heavy atom. The molecule has 3 fully saturated rings. The van der Waals surface area contributed by atoms with Gasteiger partial charge in [-0.1, -0.05) is 92.7 Å². The zero-order valence-corrected chi connectivity index (χ0v) is 32.3. The fourth-order valence-corrected chi connectivity index (χ4v) is 8.75. The van der Waals surface area contributed by atoms with Gasteiger partial charge in [0.1, 0.15) is 23.2 Å².